The molecule has 0 aliphatic carbocycles. The second kappa shape index (κ2) is 6.87. The number of aryl methyl sites for hydroxylation is 4. The van der Waals surface area contributed by atoms with Crippen molar-refractivity contribution in [3.8, 4) is 22.6 Å². The van der Waals surface area contributed by atoms with Gasteiger partial charge >= 0.3 is 0 Å². The molecular weight excluding hydrogens is 272 g/mol. The molecule has 2 heteroatoms. The molecule has 2 rings (SSSR count). The normalized spacial score (nSPS) is 10.9. The average Bonchev–Trinajstić information content (AvgIpc) is 2.54. The number of hydrogen-bond acceptors (Lipinski definition) is 2. The van der Waals surface area contributed by atoms with E-state index in [2.05, 4.69) is 26.0 Å². The molecule has 22 heavy (non-hydrogen) atoms. The van der Waals surface area contributed by atoms with Crippen LogP contribution in [-0.2, 0) is 25.7 Å². The molecule has 118 valence electrons. The Morgan fingerprint density at radius 1 is 0.545 bits per heavy atom. The first-order chi connectivity index (χ1) is 10.6. The summed E-state index contributed by atoms with van der Waals surface area (Å²) in [5, 5.41) is 21.5. The molecule has 0 saturated carbocycles. The van der Waals surface area contributed by atoms with Gasteiger partial charge in [0.2, 0.25) is 0 Å². The molecule has 0 aliphatic rings. The highest BCUT2D eigenvalue weighted by molar-refractivity contribution is 5.83. The zero-order valence-electron chi connectivity index (χ0n) is 14.0. The Labute approximate surface area is 133 Å². The first kappa shape index (κ1) is 16.4. The third-order valence-corrected chi connectivity index (χ3v) is 4.47. The number of hydrogen-bond donors (Lipinski definition) is 2. The van der Waals surface area contributed by atoms with Crippen molar-refractivity contribution in [3.63, 3.8) is 0 Å². The maximum absolute atomic E-state index is 10.8. The summed E-state index contributed by atoms with van der Waals surface area (Å²) in [4.78, 5) is 0. The van der Waals surface area contributed by atoms with Crippen molar-refractivity contribution in [1.29, 1.82) is 0 Å². The molecule has 0 saturated heterocycles. The van der Waals surface area contributed by atoms with Crippen LogP contribution in [0.2, 0.25) is 0 Å². The fourth-order valence-corrected chi connectivity index (χ4v) is 3.07. The van der Waals surface area contributed by atoms with E-state index in [1.54, 1.807) is 0 Å². The molecule has 0 heterocycles. The van der Waals surface area contributed by atoms with Crippen molar-refractivity contribution in [3.05, 3.63) is 46.5 Å². The van der Waals surface area contributed by atoms with Crippen LogP contribution < -0.4 is 0 Å². The molecule has 0 atom stereocenters. The van der Waals surface area contributed by atoms with E-state index in [0.29, 0.717) is 11.5 Å². The standard InChI is InChI=1S/C20H26O2/c1-5-13-9-11-15(7-3)19(21)17(13)18-14(6-2)10-12-16(8-4)20(18)22/h9-12,21-22H,5-8H2,1-4H3. The number of benzene rings is 2. The summed E-state index contributed by atoms with van der Waals surface area (Å²) in [6.45, 7) is 8.23. The summed E-state index contributed by atoms with van der Waals surface area (Å²) in [5.41, 5.74) is 5.63. The van der Waals surface area contributed by atoms with Crippen LogP contribution >= 0.6 is 0 Å². The molecule has 0 spiro atoms. The predicted octanol–water partition coefficient (Wildman–Crippen LogP) is 5.01. The predicted molar refractivity (Wildman–Crippen MR) is 92.7 cm³/mol. The van der Waals surface area contributed by atoms with Crippen molar-refractivity contribution in [2.24, 2.45) is 0 Å². The lowest BCUT2D eigenvalue weighted by molar-refractivity contribution is 0.461. The Morgan fingerprint density at radius 2 is 0.818 bits per heavy atom. The Bertz CT molecular complexity index is 612. The van der Waals surface area contributed by atoms with Crippen LogP contribution in [0.5, 0.6) is 11.5 Å². The summed E-state index contributed by atoms with van der Waals surface area (Å²) < 4.78 is 0. The van der Waals surface area contributed by atoms with Gasteiger partial charge in [-0.25, -0.2) is 0 Å². The smallest absolute Gasteiger partial charge is 0.127 e. The highest BCUT2D eigenvalue weighted by atomic mass is 16.3. The van der Waals surface area contributed by atoms with Gasteiger partial charge in [0.1, 0.15) is 11.5 Å². The minimum atomic E-state index is 0.320. The lowest BCUT2D eigenvalue weighted by atomic mass is 9.88. The second-order valence-corrected chi connectivity index (χ2v) is 5.63. The van der Waals surface area contributed by atoms with Gasteiger partial charge < -0.3 is 10.2 Å². The van der Waals surface area contributed by atoms with E-state index in [0.717, 1.165) is 59.1 Å². The van der Waals surface area contributed by atoms with E-state index in [4.69, 9.17) is 0 Å². The summed E-state index contributed by atoms with van der Waals surface area (Å²) >= 11 is 0. The quantitative estimate of drug-likeness (QED) is 0.814. The van der Waals surface area contributed by atoms with E-state index in [1.165, 1.54) is 0 Å². The number of phenolic OH excluding ortho intramolecular Hbond substituents is 2. The molecule has 0 aliphatic heterocycles. The molecule has 2 aromatic rings. The molecule has 0 amide bonds. The highest BCUT2D eigenvalue weighted by Gasteiger charge is 2.20. The molecular formula is C20H26O2. The summed E-state index contributed by atoms with van der Waals surface area (Å²) in [7, 11) is 0. The van der Waals surface area contributed by atoms with Crippen molar-refractivity contribution in [2.75, 3.05) is 0 Å². The summed E-state index contributed by atoms with van der Waals surface area (Å²) in [6, 6.07) is 8.13. The van der Waals surface area contributed by atoms with Crippen LogP contribution in [0.4, 0.5) is 0 Å². The van der Waals surface area contributed by atoms with Gasteiger partial charge in [-0.2, -0.15) is 0 Å². The zero-order valence-corrected chi connectivity index (χ0v) is 14.0. The Morgan fingerprint density at radius 3 is 1.09 bits per heavy atom. The Balaban J connectivity index is 2.86. The van der Waals surface area contributed by atoms with E-state index >= 15 is 0 Å². The molecule has 2 nitrogen and oxygen atoms in total. The lowest BCUT2D eigenvalue weighted by Crippen LogP contribution is -1.98. The fourth-order valence-electron chi connectivity index (χ4n) is 3.07. The zero-order chi connectivity index (χ0) is 16.3. The Kier molecular flexibility index (Phi) is 5.12. The van der Waals surface area contributed by atoms with Gasteiger partial charge in [0, 0.05) is 11.1 Å². The third-order valence-electron chi connectivity index (χ3n) is 4.47. The van der Waals surface area contributed by atoms with E-state index in [-0.39, 0.29) is 0 Å². The van der Waals surface area contributed by atoms with Crippen LogP contribution in [0.15, 0.2) is 24.3 Å². The molecule has 0 fully saturated rings. The minimum Gasteiger partial charge on any atom is -0.507 e. The SMILES string of the molecule is CCc1ccc(CC)c(-c2c(CC)ccc(CC)c2O)c1O. The lowest BCUT2D eigenvalue weighted by Gasteiger charge is -2.19. The van der Waals surface area contributed by atoms with Gasteiger partial charge in [0.25, 0.3) is 0 Å². The van der Waals surface area contributed by atoms with Gasteiger partial charge in [0.05, 0.1) is 0 Å². The van der Waals surface area contributed by atoms with Crippen molar-refractivity contribution < 1.29 is 10.2 Å². The van der Waals surface area contributed by atoms with Gasteiger partial charge in [-0.3, -0.25) is 0 Å². The van der Waals surface area contributed by atoms with Crippen molar-refractivity contribution in [1.82, 2.24) is 0 Å². The number of phenols is 2. The average molecular weight is 298 g/mol. The summed E-state index contributed by atoms with van der Waals surface area (Å²) in [6.07, 6.45) is 3.20. The van der Waals surface area contributed by atoms with Gasteiger partial charge in [-0.1, -0.05) is 52.0 Å². The topological polar surface area (TPSA) is 40.5 Å². The Hall–Kier alpha value is -1.96. The minimum absolute atomic E-state index is 0.320. The van der Waals surface area contributed by atoms with Crippen LogP contribution in [-0.4, -0.2) is 10.2 Å². The highest BCUT2D eigenvalue weighted by Crippen LogP contribution is 2.44. The van der Waals surface area contributed by atoms with Gasteiger partial charge in [0.15, 0.2) is 0 Å². The molecule has 2 aromatic carbocycles. The van der Waals surface area contributed by atoms with E-state index in [1.807, 2.05) is 26.0 Å². The largest absolute Gasteiger partial charge is 0.507 e. The molecule has 0 aromatic heterocycles. The van der Waals surface area contributed by atoms with E-state index in [9.17, 15) is 10.2 Å². The molecule has 2 N–H and O–H groups in total. The first-order valence-electron chi connectivity index (χ1n) is 8.26. The number of rotatable bonds is 5. The van der Waals surface area contributed by atoms with Crippen LogP contribution in [0.1, 0.15) is 49.9 Å². The third kappa shape index (κ3) is 2.70. The van der Waals surface area contributed by atoms with Crippen LogP contribution in [0.3, 0.4) is 0 Å². The van der Waals surface area contributed by atoms with Gasteiger partial charge in [-0.15, -0.1) is 0 Å². The van der Waals surface area contributed by atoms with E-state index < -0.39 is 0 Å². The fraction of sp³-hybridized carbons (Fsp3) is 0.400. The number of aromatic hydroxyl groups is 2. The van der Waals surface area contributed by atoms with Gasteiger partial charge in [-0.05, 0) is 47.9 Å². The molecule has 0 unspecified atom stereocenters. The van der Waals surface area contributed by atoms with Crippen molar-refractivity contribution in [2.45, 2.75) is 53.4 Å². The first-order valence-corrected chi connectivity index (χ1v) is 8.26. The van der Waals surface area contributed by atoms with Crippen molar-refractivity contribution >= 4 is 0 Å². The maximum atomic E-state index is 10.8. The second-order valence-electron chi connectivity index (χ2n) is 5.63. The van der Waals surface area contributed by atoms with Crippen LogP contribution in [0, 0.1) is 0 Å². The van der Waals surface area contributed by atoms with Crippen LogP contribution in [0.25, 0.3) is 11.1 Å². The summed E-state index contributed by atoms with van der Waals surface area (Å²) in [5.74, 6) is 0.639. The monoisotopic (exact) mass is 298 g/mol. The maximum Gasteiger partial charge on any atom is 0.127 e. The molecule has 0 bridgehead atoms. The molecule has 0 radical (unpaired) electrons.